The quantitative estimate of drug-likeness (QED) is 0.634. The normalized spacial score (nSPS) is 17.0. The van der Waals surface area contributed by atoms with Crippen molar-refractivity contribution in [1.29, 1.82) is 0 Å². The van der Waals surface area contributed by atoms with E-state index in [-0.39, 0.29) is 23.6 Å². The number of esters is 1. The molecule has 1 aliphatic heterocycles. The van der Waals surface area contributed by atoms with Gasteiger partial charge in [0.1, 0.15) is 23.0 Å². The molecule has 1 unspecified atom stereocenters. The van der Waals surface area contributed by atoms with E-state index in [1.807, 2.05) is 33.8 Å². The molecular formula is C19H22O5. The van der Waals surface area contributed by atoms with Crippen molar-refractivity contribution in [1.82, 2.24) is 0 Å². The summed E-state index contributed by atoms with van der Waals surface area (Å²) in [6, 6.07) is 6.83. The van der Waals surface area contributed by atoms with Crippen LogP contribution in [0.3, 0.4) is 0 Å². The Morgan fingerprint density at radius 3 is 2.79 bits per heavy atom. The molecule has 1 atom stereocenters. The predicted octanol–water partition coefficient (Wildman–Crippen LogP) is 3.46. The van der Waals surface area contributed by atoms with Crippen molar-refractivity contribution >= 4 is 16.9 Å². The first-order valence-corrected chi connectivity index (χ1v) is 8.20. The van der Waals surface area contributed by atoms with Gasteiger partial charge in [0.05, 0.1) is 0 Å². The summed E-state index contributed by atoms with van der Waals surface area (Å²) >= 11 is 0. The number of carbonyl (C=O) groups is 1. The molecule has 3 rings (SSSR count). The van der Waals surface area contributed by atoms with Crippen molar-refractivity contribution in [3.05, 3.63) is 40.2 Å². The lowest BCUT2D eigenvalue weighted by atomic mass is 9.96. The molecule has 0 radical (unpaired) electrons. The molecule has 128 valence electrons. The van der Waals surface area contributed by atoms with E-state index in [4.69, 9.17) is 13.9 Å². The van der Waals surface area contributed by atoms with Crippen molar-refractivity contribution in [2.75, 3.05) is 0 Å². The van der Waals surface area contributed by atoms with Crippen molar-refractivity contribution in [2.45, 2.75) is 52.2 Å². The van der Waals surface area contributed by atoms with Crippen LogP contribution in [0.1, 0.15) is 39.7 Å². The molecule has 5 heteroatoms. The average molecular weight is 330 g/mol. The third kappa shape index (κ3) is 3.30. The summed E-state index contributed by atoms with van der Waals surface area (Å²) in [5.41, 5.74) is 0.392. The topological polar surface area (TPSA) is 65.7 Å². The van der Waals surface area contributed by atoms with Crippen LogP contribution in [0.4, 0.5) is 0 Å². The van der Waals surface area contributed by atoms with Gasteiger partial charge in [-0.25, -0.2) is 4.79 Å². The third-order valence-electron chi connectivity index (χ3n) is 4.20. The minimum absolute atomic E-state index is 0.217. The lowest BCUT2D eigenvalue weighted by Gasteiger charge is -2.31. The van der Waals surface area contributed by atoms with Crippen LogP contribution in [-0.4, -0.2) is 17.7 Å². The van der Waals surface area contributed by atoms with Gasteiger partial charge in [0.15, 0.2) is 0 Å². The van der Waals surface area contributed by atoms with E-state index in [2.05, 4.69) is 0 Å². The molecule has 0 amide bonds. The fourth-order valence-electron chi connectivity index (χ4n) is 2.93. The molecule has 0 fully saturated rings. The SMILES string of the molecule is CC(C)CC(=O)OC(C)(C)C1Cc2cc3ccc(=O)oc3cc2O1. The maximum Gasteiger partial charge on any atom is 0.336 e. The zero-order valence-electron chi connectivity index (χ0n) is 14.4. The van der Waals surface area contributed by atoms with E-state index >= 15 is 0 Å². The number of hydrogen-bond acceptors (Lipinski definition) is 5. The van der Waals surface area contributed by atoms with Gasteiger partial charge in [-0.15, -0.1) is 0 Å². The van der Waals surface area contributed by atoms with Gasteiger partial charge in [-0.3, -0.25) is 4.79 Å². The molecule has 0 saturated carbocycles. The van der Waals surface area contributed by atoms with Crippen molar-refractivity contribution in [3.63, 3.8) is 0 Å². The zero-order chi connectivity index (χ0) is 17.5. The predicted molar refractivity (Wildman–Crippen MR) is 90.2 cm³/mol. The lowest BCUT2D eigenvalue weighted by molar-refractivity contribution is -0.165. The molecule has 0 saturated heterocycles. The van der Waals surface area contributed by atoms with Gasteiger partial charge >= 0.3 is 11.6 Å². The minimum atomic E-state index is -0.738. The molecule has 1 aromatic heterocycles. The largest absolute Gasteiger partial charge is 0.485 e. The summed E-state index contributed by atoms with van der Waals surface area (Å²) in [7, 11) is 0. The van der Waals surface area contributed by atoms with Gasteiger partial charge in [-0.1, -0.05) is 13.8 Å². The maximum atomic E-state index is 12.0. The maximum absolute atomic E-state index is 12.0. The summed E-state index contributed by atoms with van der Waals surface area (Å²) in [6.45, 7) is 7.69. The van der Waals surface area contributed by atoms with Gasteiger partial charge in [0.2, 0.25) is 0 Å². The second kappa shape index (κ2) is 5.96. The number of ether oxygens (including phenoxy) is 2. The highest BCUT2D eigenvalue weighted by Crippen LogP contribution is 2.37. The summed E-state index contributed by atoms with van der Waals surface area (Å²) in [5, 5.41) is 0.854. The molecule has 1 aromatic carbocycles. The second-order valence-electron chi connectivity index (χ2n) is 7.24. The van der Waals surface area contributed by atoms with Crippen LogP contribution in [-0.2, 0) is 16.0 Å². The molecule has 1 aliphatic rings. The van der Waals surface area contributed by atoms with E-state index in [1.165, 1.54) is 6.07 Å². The Morgan fingerprint density at radius 2 is 2.08 bits per heavy atom. The molecule has 2 heterocycles. The highest BCUT2D eigenvalue weighted by Gasteiger charge is 2.39. The van der Waals surface area contributed by atoms with Crippen LogP contribution >= 0.6 is 0 Å². The summed E-state index contributed by atoms with van der Waals surface area (Å²) in [5.74, 6) is 0.712. The fourth-order valence-corrected chi connectivity index (χ4v) is 2.93. The third-order valence-corrected chi connectivity index (χ3v) is 4.20. The Morgan fingerprint density at radius 1 is 1.33 bits per heavy atom. The summed E-state index contributed by atoms with van der Waals surface area (Å²) < 4.78 is 16.8. The van der Waals surface area contributed by atoms with E-state index in [9.17, 15) is 9.59 Å². The van der Waals surface area contributed by atoms with Crippen molar-refractivity contribution in [2.24, 2.45) is 5.92 Å². The number of rotatable bonds is 4. The molecule has 0 N–H and O–H groups in total. The van der Waals surface area contributed by atoms with E-state index < -0.39 is 5.60 Å². The molecule has 0 spiro atoms. The van der Waals surface area contributed by atoms with E-state index in [0.29, 0.717) is 24.2 Å². The van der Waals surface area contributed by atoms with Crippen LogP contribution in [0.5, 0.6) is 5.75 Å². The Bertz CT molecular complexity index is 831. The molecule has 24 heavy (non-hydrogen) atoms. The van der Waals surface area contributed by atoms with Crippen LogP contribution in [0, 0.1) is 5.92 Å². The first-order valence-electron chi connectivity index (χ1n) is 8.20. The van der Waals surface area contributed by atoms with Crippen LogP contribution in [0.15, 0.2) is 33.5 Å². The molecule has 0 aliphatic carbocycles. The summed E-state index contributed by atoms with van der Waals surface area (Å²) in [6.07, 6.45) is 0.761. The zero-order valence-corrected chi connectivity index (χ0v) is 14.4. The van der Waals surface area contributed by atoms with Crippen molar-refractivity contribution < 1.29 is 18.7 Å². The lowest BCUT2D eigenvalue weighted by Crippen LogP contribution is -2.43. The van der Waals surface area contributed by atoms with Gasteiger partial charge in [0, 0.05) is 30.4 Å². The highest BCUT2D eigenvalue weighted by atomic mass is 16.6. The van der Waals surface area contributed by atoms with Gasteiger partial charge in [-0.2, -0.15) is 0 Å². The van der Waals surface area contributed by atoms with Crippen LogP contribution < -0.4 is 10.4 Å². The number of benzene rings is 1. The van der Waals surface area contributed by atoms with E-state index in [0.717, 1.165) is 10.9 Å². The standard InChI is InChI=1S/C19H22O5/c1-11(2)7-18(21)24-19(3,4)16-9-13-8-12-5-6-17(20)23-14(12)10-15(13)22-16/h5-6,8,10-11,16H,7,9H2,1-4H3. The minimum Gasteiger partial charge on any atom is -0.485 e. The highest BCUT2D eigenvalue weighted by molar-refractivity contribution is 5.79. The first-order chi connectivity index (χ1) is 11.2. The fraction of sp³-hybridized carbons (Fsp3) is 0.474. The Kier molecular flexibility index (Phi) is 4.11. The molecular weight excluding hydrogens is 308 g/mol. The monoisotopic (exact) mass is 330 g/mol. The summed E-state index contributed by atoms with van der Waals surface area (Å²) in [4.78, 5) is 23.4. The number of carbonyl (C=O) groups excluding carboxylic acids is 1. The van der Waals surface area contributed by atoms with Crippen LogP contribution in [0.2, 0.25) is 0 Å². The number of fused-ring (bicyclic) bond motifs is 2. The van der Waals surface area contributed by atoms with Crippen LogP contribution in [0.25, 0.3) is 11.0 Å². The van der Waals surface area contributed by atoms with Crippen molar-refractivity contribution in [3.8, 4) is 5.75 Å². The van der Waals surface area contributed by atoms with Gasteiger partial charge in [-0.05, 0) is 37.5 Å². The Balaban J connectivity index is 1.81. The molecule has 2 aromatic rings. The molecule has 0 bridgehead atoms. The first kappa shape index (κ1) is 16.6. The smallest absolute Gasteiger partial charge is 0.336 e. The second-order valence-corrected chi connectivity index (χ2v) is 7.24. The van der Waals surface area contributed by atoms with E-state index in [1.54, 1.807) is 12.1 Å². The average Bonchev–Trinajstić information content (AvgIpc) is 2.86. The van der Waals surface area contributed by atoms with Gasteiger partial charge < -0.3 is 13.9 Å². The Hall–Kier alpha value is -2.30. The molecule has 5 nitrogen and oxygen atoms in total. The Labute approximate surface area is 140 Å². The number of hydrogen-bond donors (Lipinski definition) is 0. The van der Waals surface area contributed by atoms with Gasteiger partial charge in [0.25, 0.3) is 0 Å².